The van der Waals surface area contributed by atoms with Gasteiger partial charge < -0.3 is 19.3 Å². The van der Waals surface area contributed by atoms with Gasteiger partial charge in [0.25, 0.3) is 5.91 Å². The number of fused-ring (bicyclic) bond motifs is 1. The smallest absolute Gasteiger partial charge is 0.287 e. The van der Waals surface area contributed by atoms with Crippen LogP contribution in [0.3, 0.4) is 0 Å². The van der Waals surface area contributed by atoms with Gasteiger partial charge in [-0.05, 0) is 38.5 Å². The minimum absolute atomic E-state index is 0.0226. The average molecular weight is 313 g/mol. The molecule has 0 saturated heterocycles. The van der Waals surface area contributed by atoms with Gasteiger partial charge in [-0.1, -0.05) is 18.2 Å². The maximum atomic E-state index is 12.4. The predicted molar refractivity (Wildman–Crippen MR) is 86.3 cm³/mol. The fraction of sp³-hybridized carbons (Fsp3) is 0.278. The number of amides is 1. The van der Waals surface area contributed by atoms with E-state index in [2.05, 4.69) is 5.32 Å². The first-order valence-corrected chi connectivity index (χ1v) is 7.43. The lowest BCUT2D eigenvalue weighted by molar-refractivity contribution is 0.0326. The molecule has 0 aliphatic carbocycles. The van der Waals surface area contributed by atoms with E-state index in [0.29, 0.717) is 11.3 Å². The lowest BCUT2D eigenvalue weighted by atomic mass is 10.0. The van der Waals surface area contributed by atoms with Gasteiger partial charge in [-0.3, -0.25) is 4.79 Å². The van der Waals surface area contributed by atoms with E-state index in [1.807, 2.05) is 32.0 Å². The Kier molecular flexibility index (Phi) is 3.74. The second-order valence-electron chi connectivity index (χ2n) is 5.94. The molecule has 120 valence electrons. The van der Waals surface area contributed by atoms with Crippen LogP contribution in [0.15, 0.2) is 45.4 Å². The van der Waals surface area contributed by atoms with Crippen molar-refractivity contribution in [1.82, 2.24) is 5.32 Å². The SMILES string of the molecule is Cc1c(C(=O)NCC(C)(O)c2ccco2)oc2c(C)cccc12. The highest BCUT2D eigenvalue weighted by molar-refractivity contribution is 5.99. The van der Waals surface area contributed by atoms with E-state index in [4.69, 9.17) is 8.83 Å². The van der Waals surface area contributed by atoms with Crippen LogP contribution in [0.2, 0.25) is 0 Å². The van der Waals surface area contributed by atoms with E-state index in [1.165, 1.54) is 6.26 Å². The molecule has 23 heavy (non-hydrogen) atoms. The Morgan fingerprint density at radius 3 is 2.70 bits per heavy atom. The molecule has 0 aliphatic heterocycles. The van der Waals surface area contributed by atoms with Gasteiger partial charge in [-0.15, -0.1) is 0 Å². The maximum absolute atomic E-state index is 12.4. The minimum atomic E-state index is -1.28. The summed E-state index contributed by atoms with van der Waals surface area (Å²) in [6.07, 6.45) is 1.48. The molecule has 2 aromatic heterocycles. The number of rotatable bonds is 4. The Morgan fingerprint density at radius 2 is 2.04 bits per heavy atom. The summed E-state index contributed by atoms with van der Waals surface area (Å²) in [5.41, 5.74) is 1.20. The van der Waals surface area contributed by atoms with E-state index in [9.17, 15) is 9.90 Å². The monoisotopic (exact) mass is 313 g/mol. The first-order chi connectivity index (χ1) is 10.9. The van der Waals surface area contributed by atoms with E-state index < -0.39 is 5.60 Å². The van der Waals surface area contributed by atoms with Gasteiger partial charge in [0.2, 0.25) is 0 Å². The second kappa shape index (κ2) is 5.59. The topological polar surface area (TPSA) is 75.6 Å². The number of aliphatic hydroxyl groups is 1. The highest BCUT2D eigenvalue weighted by Gasteiger charge is 2.28. The van der Waals surface area contributed by atoms with Gasteiger partial charge >= 0.3 is 0 Å². The normalized spacial score (nSPS) is 13.9. The van der Waals surface area contributed by atoms with E-state index in [-0.39, 0.29) is 18.2 Å². The second-order valence-corrected chi connectivity index (χ2v) is 5.94. The fourth-order valence-electron chi connectivity index (χ4n) is 2.61. The molecule has 0 fully saturated rings. The number of hydrogen-bond donors (Lipinski definition) is 2. The number of aryl methyl sites for hydroxylation is 2. The van der Waals surface area contributed by atoms with Crippen LogP contribution in [-0.2, 0) is 5.60 Å². The third-order valence-electron chi connectivity index (χ3n) is 4.01. The molecule has 5 nitrogen and oxygen atoms in total. The Bertz CT molecular complexity index is 843. The van der Waals surface area contributed by atoms with Gasteiger partial charge in [0, 0.05) is 10.9 Å². The fourth-order valence-corrected chi connectivity index (χ4v) is 2.61. The molecule has 1 aromatic carbocycles. The predicted octanol–water partition coefficient (Wildman–Crippen LogP) is 3.28. The van der Waals surface area contributed by atoms with Gasteiger partial charge in [-0.25, -0.2) is 0 Å². The molecule has 1 amide bonds. The molecule has 0 aliphatic rings. The minimum Gasteiger partial charge on any atom is -0.466 e. The van der Waals surface area contributed by atoms with Crippen molar-refractivity contribution in [1.29, 1.82) is 0 Å². The molecule has 0 bridgehead atoms. The number of nitrogens with one attached hydrogen (secondary N) is 1. The molecule has 2 N–H and O–H groups in total. The van der Waals surface area contributed by atoms with Crippen molar-refractivity contribution in [2.75, 3.05) is 6.54 Å². The number of para-hydroxylation sites is 1. The van der Waals surface area contributed by atoms with Crippen molar-refractivity contribution in [3.05, 3.63) is 59.2 Å². The summed E-state index contributed by atoms with van der Waals surface area (Å²) in [6.45, 7) is 5.40. The van der Waals surface area contributed by atoms with Crippen molar-refractivity contribution >= 4 is 16.9 Å². The van der Waals surface area contributed by atoms with Crippen LogP contribution < -0.4 is 5.32 Å². The third kappa shape index (κ3) is 2.75. The van der Waals surface area contributed by atoms with E-state index in [0.717, 1.165) is 16.5 Å². The zero-order valence-corrected chi connectivity index (χ0v) is 13.3. The maximum Gasteiger partial charge on any atom is 0.287 e. The largest absolute Gasteiger partial charge is 0.466 e. The highest BCUT2D eigenvalue weighted by Crippen LogP contribution is 2.28. The van der Waals surface area contributed by atoms with Gasteiger partial charge in [0.05, 0.1) is 12.8 Å². The standard InChI is InChI=1S/C18H19NO4/c1-11-6-4-7-13-12(2)16(23-15(11)13)17(20)19-10-18(3,21)14-8-5-9-22-14/h4-9,21H,10H2,1-3H3,(H,19,20). The molecule has 2 heterocycles. The lowest BCUT2D eigenvalue weighted by Gasteiger charge is -2.20. The van der Waals surface area contributed by atoms with Crippen LogP contribution in [-0.4, -0.2) is 17.6 Å². The van der Waals surface area contributed by atoms with Crippen LogP contribution in [0, 0.1) is 13.8 Å². The number of benzene rings is 1. The molecule has 1 unspecified atom stereocenters. The average Bonchev–Trinajstić information content (AvgIpc) is 3.15. The Balaban J connectivity index is 1.82. The molecule has 3 aromatic rings. The van der Waals surface area contributed by atoms with Crippen molar-refractivity contribution < 1.29 is 18.7 Å². The van der Waals surface area contributed by atoms with Crippen molar-refractivity contribution in [3.63, 3.8) is 0 Å². The van der Waals surface area contributed by atoms with Crippen molar-refractivity contribution in [2.24, 2.45) is 0 Å². The lowest BCUT2D eigenvalue weighted by Crippen LogP contribution is -2.38. The van der Waals surface area contributed by atoms with Gasteiger partial charge in [-0.2, -0.15) is 0 Å². The molecule has 3 rings (SSSR count). The summed E-state index contributed by atoms with van der Waals surface area (Å²) in [5, 5.41) is 14.0. The van der Waals surface area contributed by atoms with Crippen LogP contribution in [0.25, 0.3) is 11.0 Å². The molecular weight excluding hydrogens is 294 g/mol. The van der Waals surface area contributed by atoms with Crippen molar-refractivity contribution in [3.8, 4) is 0 Å². The first-order valence-electron chi connectivity index (χ1n) is 7.43. The summed E-state index contributed by atoms with van der Waals surface area (Å²) in [5.74, 6) is 0.310. The number of carbonyl (C=O) groups excluding carboxylic acids is 1. The molecule has 1 atom stereocenters. The molecule has 5 heteroatoms. The molecular formula is C18H19NO4. The summed E-state index contributed by atoms with van der Waals surface area (Å²) >= 11 is 0. The van der Waals surface area contributed by atoms with Gasteiger partial charge in [0.1, 0.15) is 16.9 Å². The van der Waals surface area contributed by atoms with Crippen LogP contribution in [0.4, 0.5) is 0 Å². The first kappa shape index (κ1) is 15.4. The van der Waals surface area contributed by atoms with E-state index in [1.54, 1.807) is 19.1 Å². The quantitative estimate of drug-likeness (QED) is 0.775. The summed E-state index contributed by atoms with van der Waals surface area (Å²) in [6, 6.07) is 9.16. The summed E-state index contributed by atoms with van der Waals surface area (Å²) < 4.78 is 10.9. The number of carbonyl (C=O) groups is 1. The van der Waals surface area contributed by atoms with Crippen LogP contribution in [0.1, 0.15) is 34.4 Å². The highest BCUT2D eigenvalue weighted by atomic mass is 16.4. The third-order valence-corrected chi connectivity index (χ3v) is 4.01. The van der Waals surface area contributed by atoms with Crippen LogP contribution >= 0.6 is 0 Å². The molecule has 0 saturated carbocycles. The van der Waals surface area contributed by atoms with E-state index >= 15 is 0 Å². The van der Waals surface area contributed by atoms with Crippen molar-refractivity contribution in [2.45, 2.75) is 26.4 Å². The summed E-state index contributed by atoms with van der Waals surface area (Å²) in [4.78, 5) is 12.4. The number of hydrogen-bond acceptors (Lipinski definition) is 4. The Labute approximate surface area is 133 Å². The Hall–Kier alpha value is -2.53. The zero-order valence-electron chi connectivity index (χ0n) is 13.3. The summed E-state index contributed by atoms with van der Waals surface area (Å²) in [7, 11) is 0. The van der Waals surface area contributed by atoms with Gasteiger partial charge in [0.15, 0.2) is 5.76 Å². The Morgan fingerprint density at radius 1 is 1.26 bits per heavy atom. The molecule has 0 radical (unpaired) electrons. The zero-order chi connectivity index (χ0) is 16.6. The number of furan rings is 2. The molecule has 0 spiro atoms. The van der Waals surface area contributed by atoms with Crippen LogP contribution in [0.5, 0.6) is 0 Å².